The Kier molecular flexibility index (Phi) is 3.76. The minimum Gasteiger partial charge on any atom is -0.357 e. The Labute approximate surface area is 130 Å². The second-order valence-electron chi connectivity index (χ2n) is 5.29. The van der Waals surface area contributed by atoms with Gasteiger partial charge in [0.25, 0.3) is 0 Å². The van der Waals surface area contributed by atoms with Gasteiger partial charge in [-0.05, 0) is 43.2 Å². The number of hydrogen-bond acceptors (Lipinski definition) is 3. The lowest BCUT2D eigenvalue weighted by molar-refractivity contribution is 1.19. The first-order chi connectivity index (χ1) is 10.7. The van der Waals surface area contributed by atoms with Crippen LogP contribution in [0, 0.1) is 25.7 Å². The molecule has 1 heterocycles. The van der Waals surface area contributed by atoms with Crippen LogP contribution in [0.25, 0.3) is 10.9 Å². The molecule has 3 heteroatoms. The topological polar surface area (TPSA) is 37.8 Å². The van der Waals surface area contributed by atoms with E-state index in [2.05, 4.69) is 59.2 Å². The number of nitrogens with one attached hydrogen (secondary N) is 1. The number of benzene rings is 2. The zero-order chi connectivity index (χ0) is 15.5. The lowest BCUT2D eigenvalue weighted by Crippen LogP contribution is -1.95. The molecule has 0 unspecified atom stereocenters. The zero-order valence-corrected chi connectivity index (χ0v) is 12.9. The molecule has 0 fully saturated rings. The SMILES string of the molecule is CNc1ncc2ccc(C#Cc3cc(C)ccc3C)cc2n1. The Bertz CT molecular complexity index is 901. The molecule has 0 radical (unpaired) electrons. The fraction of sp³-hybridized carbons (Fsp3) is 0.158. The molecular weight excluding hydrogens is 270 g/mol. The number of rotatable bonds is 1. The summed E-state index contributed by atoms with van der Waals surface area (Å²) in [5.74, 6) is 7.10. The molecule has 22 heavy (non-hydrogen) atoms. The third kappa shape index (κ3) is 2.91. The summed E-state index contributed by atoms with van der Waals surface area (Å²) in [6.45, 7) is 4.16. The van der Waals surface area contributed by atoms with Crippen molar-refractivity contribution in [2.45, 2.75) is 13.8 Å². The first-order valence-electron chi connectivity index (χ1n) is 7.19. The van der Waals surface area contributed by atoms with Crippen LogP contribution in [0.15, 0.2) is 42.6 Å². The molecule has 3 aromatic rings. The molecule has 3 nitrogen and oxygen atoms in total. The summed E-state index contributed by atoms with van der Waals surface area (Å²) in [7, 11) is 1.81. The number of hydrogen-bond donors (Lipinski definition) is 1. The highest BCUT2D eigenvalue weighted by Gasteiger charge is 1.99. The van der Waals surface area contributed by atoms with E-state index in [1.54, 1.807) is 0 Å². The average Bonchev–Trinajstić information content (AvgIpc) is 2.55. The van der Waals surface area contributed by atoms with Crippen LogP contribution < -0.4 is 5.32 Å². The molecule has 2 aromatic carbocycles. The normalized spacial score (nSPS) is 10.1. The van der Waals surface area contributed by atoms with Crippen molar-refractivity contribution in [3.05, 3.63) is 64.8 Å². The minimum absolute atomic E-state index is 0.618. The highest BCUT2D eigenvalue weighted by molar-refractivity contribution is 5.80. The molecule has 3 rings (SSSR count). The van der Waals surface area contributed by atoms with Gasteiger partial charge in [-0.1, -0.05) is 30.0 Å². The van der Waals surface area contributed by atoms with Crippen molar-refractivity contribution in [2.24, 2.45) is 0 Å². The van der Waals surface area contributed by atoms with E-state index < -0.39 is 0 Å². The van der Waals surface area contributed by atoms with E-state index in [1.165, 1.54) is 11.1 Å². The Hall–Kier alpha value is -2.86. The summed E-state index contributed by atoms with van der Waals surface area (Å²) in [4.78, 5) is 8.66. The zero-order valence-electron chi connectivity index (χ0n) is 12.9. The highest BCUT2D eigenvalue weighted by Crippen LogP contribution is 2.15. The van der Waals surface area contributed by atoms with Gasteiger partial charge in [0, 0.05) is 29.8 Å². The first kappa shape index (κ1) is 14.1. The fourth-order valence-electron chi connectivity index (χ4n) is 2.23. The highest BCUT2D eigenvalue weighted by atomic mass is 15.1. The van der Waals surface area contributed by atoms with Crippen molar-refractivity contribution in [3.8, 4) is 11.8 Å². The van der Waals surface area contributed by atoms with Gasteiger partial charge in [0.05, 0.1) is 5.52 Å². The van der Waals surface area contributed by atoms with E-state index in [0.717, 1.165) is 22.0 Å². The van der Waals surface area contributed by atoms with Gasteiger partial charge in [0.1, 0.15) is 0 Å². The number of anilines is 1. The van der Waals surface area contributed by atoms with Gasteiger partial charge in [-0.3, -0.25) is 0 Å². The first-order valence-corrected chi connectivity index (χ1v) is 7.19. The van der Waals surface area contributed by atoms with Crippen molar-refractivity contribution >= 4 is 16.9 Å². The smallest absolute Gasteiger partial charge is 0.222 e. The van der Waals surface area contributed by atoms with Gasteiger partial charge in [-0.15, -0.1) is 0 Å². The molecule has 0 bridgehead atoms. The molecule has 0 atom stereocenters. The van der Waals surface area contributed by atoms with Crippen LogP contribution in [-0.2, 0) is 0 Å². The maximum atomic E-state index is 4.45. The van der Waals surface area contributed by atoms with Gasteiger partial charge >= 0.3 is 0 Å². The molecule has 1 N–H and O–H groups in total. The van der Waals surface area contributed by atoms with E-state index in [4.69, 9.17) is 0 Å². The Balaban J connectivity index is 2.01. The van der Waals surface area contributed by atoms with Crippen molar-refractivity contribution in [2.75, 3.05) is 12.4 Å². The maximum absolute atomic E-state index is 4.45. The Morgan fingerprint density at radius 3 is 2.68 bits per heavy atom. The molecule has 1 aromatic heterocycles. The van der Waals surface area contributed by atoms with E-state index in [-0.39, 0.29) is 0 Å². The molecule has 0 saturated carbocycles. The predicted molar refractivity (Wildman–Crippen MR) is 91.0 cm³/mol. The van der Waals surface area contributed by atoms with Crippen molar-refractivity contribution in [1.29, 1.82) is 0 Å². The number of aryl methyl sites for hydroxylation is 2. The standard InChI is InChI=1S/C19H17N3/c1-13-4-5-14(2)16(10-13)8-6-15-7-9-17-12-21-19(20-3)22-18(17)11-15/h4-5,7,9-12H,1-3H3,(H,20,21,22). The van der Waals surface area contributed by atoms with Crippen LogP contribution in [0.1, 0.15) is 22.3 Å². The quantitative estimate of drug-likeness (QED) is 0.694. The third-order valence-corrected chi connectivity index (χ3v) is 3.54. The molecule has 0 aliphatic heterocycles. The molecule has 108 valence electrons. The number of fused-ring (bicyclic) bond motifs is 1. The van der Waals surface area contributed by atoms with E-state index >= 15 is 0 Å². The summed E-state index contributed by atoms with van der Waals surface area (Å²) in [5.41, 5.74) is 5.33. The van der Waals surface area contributed by atoms with Crippen LogP contribution in [0.3, 0.4) is 0 Å². The van der Waals surface area contributed by atoms with Gasteiger partial charge in [-0.25, -0.2) is 9.97 Å². The molecule has 0 aliphatic rings. The van der Waals surface area contributed by atoms with Gasteiger partial charge < -0.3 is 5.32 Å². The summed E-state index contributed by atoms with van der Waals surface area (Å²) >= 11 is 0. The summed E-state index contributed by atoms with van der Waals surface area (Å²) < 4.78 is 0. The van der Waals surface area contributed by atoms with Crippen LogP contribution in [-0.4, -0.2) is 17.0 Å². The van der Waals surface area contributed by atoms with E-state index in [9.17, 15) is 0 Å². The summed E-state index contributed by atoms with van der Waals surface area (Å²) in [6, 6.07) is 12.3. The monoisotopic (exact) mass is 287 g/mol. The summed E-state index contributed by atoms with van der Waals surface area (Å²) in [5, 5.41) is 3.96. The molecule has 0 spiro atoms. The maximum Gasteiger partial charge on any atom is 0.222 e. The Morgan fingerprint density at radius 2 is 1.86 bits per heavy atom. The lowest BCUT2D eigenvalue weighted by atomic mass is 10.1. The largest absolute Gasteiger partial charge is 0.357 e. The van der Waals surface area contributed by atoms with E-state index in [0.29, 0.717) is 5.95 Å². The van der Waals surface area contributed by atoms with Crippen molar-refractivity contribution in [1.82, 2.24) is 9.97 Å². The molecule has 0 amide bonds. The second kappa shape index (κ2) is 5.87. The molecule has 0 aliphatic carbocycles. The average molecular weight is 287 g/mol. The molecular formula is C19H17N3. The van der Waals surface area contributed by atoms with Gasteiger partial charge in [0.2, 0.25) is 5.95 Å². The summed E-state index contributed by atoms with van der Waals surface area (Å²) in [6.07, 6.45) is 1.82. The third-order valence-electron chi connectivity index (χ3n) is 3.54. The lowest BCUT2D eigenvalue weighted by Gasteiger charge is -2.01. The molecule has 0 saturated heterocycles. The van der Waals surface area contributed by atoms with E-state index in [1.807, 2.05) is 31.4 Å². The fourth-order valence-corrected chi connectivity index (χ4v) is 2.23. The van der Waals surface area contributed by atoms with Gasteiger partial charge in [0.15, 0.2) is 0 Å². The van der Waals surface area contributed by atoms with Crippen molar-refractivity contribution < 1.29 is 0 Å². The van der Waals surface area contributed by atoms with Crippen LogP contribution >= 0.6 is 0 Å². The predicted octanol–water partition coefficient (Wildman–Crippen LogP) is 3.69. The number of aromatic nitrogens is 2. The minimum atomic E-state index is 0.618. The van der Waals surface area contributed by atoms with Crippen LogP contribution in [0.2, 0.25) is 0 Å². The second-order valence-corrected chi connectivity index (χ2v) is 5.29. The number of nitrogens with zero attached hydrogens (tertiary/aromatic N) is 2. The Morgan fingerprint density at radius 1 is 1.00 bits per heavy atom. The van der Waals surface area contributed by atoms with Crippen LogP contribution in [0.4, 0.5) is 5.95 Å². The van der Waals surface area contributed by atoms with Crippen molar-refractivity contribution in [3.63, 3.8) is 0 Å². The van der Waals surface area contributed by atoms with Crippen LogP contribution in [0.5, 0.6) is 0 Å². The van der Waals surface area contributed by atoms with Gasteiger partial charge in [-0.2, -0.15) is 0 Å².